The summed E-state index contributed by atoms with van der Waals surface area (Å²) in [4.78, 5) is 12.1. The topological polar surface area (TPSA) is 54.5 Å². The molecule has 1 heterocycles. The molecule has 0 aliphatic heterocycles. The first-order valence-electron chi connectivity index (χ1n) is 7.45. The molecule has 0 spiro atoms. The van der Waals surface area contributed by atoms with Crippen LogP contribution in [0, 0.1) is 0 Å². The third kappa shape index (κ3) is 3.17. The van der Waals surface area contributed by atoms with Crippen molar-refractivity contribution in [1.82, 2.24) is 0 Å². The molecule has 0 aliphatic rings. The summed E-state index contributed by atoms with van der Waals surface area (Å²) in [5.74, 6) is -0.0669. The number of carbonyl (C=O) groups excluding carboxylic acids is 1. The molecule has 0 saturated heterocycles. The van der Waals surface area contributed by atoms with E-state index in [2.05, 4.69) is 0 Å². The fraction of sp³-hybridized carbons (Fsp3) is 0.438. The number of anilines is 1. The molecule has 0 aliphatic carbocycles. The summed E-state index contributed by atoms with van der Waals surface area (Å²) in [6.45, 7) is 5.57. The first-order valence-corrected chi connectivity index (χ1v) is 9.87. The molecule has 0 radical (unpaired) electrons. The van der Waals surface area contributed by atoms with E-state index in [1.165, 1.54) is 22.6 Å². The molecule has 2 aromatic rings. The van der Waals surface area contributed by atoms with E-state index in [4.69, 9.17) is 0 Å². The second-order valence-electron chi connectivity index (χ2n) is 5.16. The van der Waals surface area contributed by atoms with Crippen molar-refractivity contribution in [2.45, 2.75) is 33.6 Å². The zero-order valence-electron chi connectivity index (χ0n) is 13.1. The molecule has 1 aromatic heterocycles. The van der Waals surface area contributed by atoms with Gasteiger partial charge in [-0.05, 0) is 26.3 Å². The van der Waals surface area contributed by atoms with E-state index in [-0.39, 0.29) is 11.5 Å². The van der Waals surface area contributed by atoms with Crippen molar-refractivity contribution in [3.63, 3.8) is 0 Å². The molecular weight excluding hydrogens is 318 g/mol. The maximum atomic E-state index is 12.5. The lowest BCUT2D eigenvalue weighted by Crippen LogP contribution is -2.33. The highest BCUT2D eigenvalue weighted by atomic mass is 32.2. The summed E-state index contributed by atoms with van der Waals surface area (Å²) in [5.41, 5.74) is 0.522. The van der Waals surface area contributed by atoms with Crippen LogP contribution in [0.15, 0.2) is 24.3 Å². The van der Waals surface area contributed by atoms with Crippen molar-refractivity contribution in [2.24, 2.45) is 0 Å². The molecule has 4 nitrogen and oxygen atoms in total. The number of thiophene rings is 1. The molecule has 0 atom stereocenters. The average Bonchev–Trinajstić information content (AvgIpc) is 2.86. The summed E-state index contributed by atoms with van der Waals surface area (Å²) >= 11 is 1.38. The van der Waals surface area contributed by atoms with E-state index in [1.807, 2.05) is 31.2 Å². The SMILES string of the molecule is CCCCN(c1sc2ccccc2c1C(C)=O)S(=O)(=O)CC. The summed E-state index contributed by atoms with van der Waals surface area (Å²) in [7, 11) is -3.40. The van der Waals surface area contributed by atoms with Gasteiger partial charge in [-0.15, -0.1) is 11.3 Å². The van der Waals surface area contributed by atoms with Crippen LogP contribution in [0.5, 0.6) is 0 Å². The number of hydrogen-bond donors (Lipinski definition) is 0. The van der Waals surface area contributed by atoms with Crippen LogP contribution in [-0.2, 0) is 10.0 Å². The predicted octanol–water partition coefficient (Wildman–Crippen LogP) is 4.06. The van der Waals surface area contributed by atoms with Crippen molar-refractivity contribution in [3.05, 3.63) is 29.8 Å². The highest BCUT2D eigenvalue weighted by molar-refractivity contribution is 7.93. The van der Waals surface area contributed by atoms with Gasteiger partial charge in [-0.2, -0.15) is 0 Å². The molecule has 0 fully saturated rings. The van der Waals surface area contributed by atoms with Crippen molar-refractivity contribution in [3.8, 4) is 0 Å². The molecule has 0 saturated carbocycles. The highest BCUT2D eigenvalue weighted by Gasteiger charge is 2.27. The van der Waals surface area contributed by atoms with Gasteiger partial charge in [0.2, 0.25) is 10.0 Å². The minimum Gasteiger partial charge on any atom is -0.294 e. The smallest absolute Gasteiger partial charge is 0.235 e. The molecule has 6 heteroatoms. The highest BCUT2D eigenvalue weighted by Crippen LogP contribution is 2.39. The average molecular weight is 339 g/mol. The fourth-order valence-electron chi connectivity index (χ4n) is 2.37. The quantitative estimate of drug-likeness (QED) is 0.715. The maximum absolute atomic E-state index is 12.5. The fourth-order valence-corrected chi connectivity index (χ4v) is 5.07. The lowest BCUT2D eigenvalue weighted by Gasteiger charge is -2.23. The summed E-state index contributed by atoms with van der Waals surface area (Å²) in [5, 5.41) is 1.40. The van der Waals surface area contributed by atoms with E-state index in [0.717, 1.165) is 22.9 Å². The Kier molecular flexibility index (Phi) is 5.24. The van der Waals surface area contributed by atoms with Crippen molar-refractivity contribution in [1.29, 1.82) is 0 Å². The molecule has 0 bridgehead atoms. The second-order valence-corrected chi connectivity index (χ2v) is 8.37. The van der Waals surface area contributed by atoms with Gasteiger partial charge in [-0.1, -0.05) is 31.5 Å². The molecule has 120 valence electrons. The van der Waals surface area contributed by atoms with Crippen LogP contribution in [0.25, 0.3) is 10.1 Å². The Balaban J connectivity index is 2.67. The Bertz CT molecular complexity index is 778. The van der Waals surface area contributed by atoms with Crippen molar-refractivity contribution in [2.75, 3.05) is 16.6 Å². The summed E-state index contributed by atoms with van der Waals surface area (Å²) < 4.78 is 27.3. The Morgan fingerprint density at radius 1 is 1.23 bits per heavy atom. The molecule has 2 rings (SSSR count). The largest absolute Gasteiger partial charge is 0.294 e. The molecule has 0 amide bonds. The second kappa shape index (κ2) is 6.79. The summed E-state index contributed by atoms with van der Waals surface area (Å²) in [6.07, 6.45) is 1.67. The first kappa shape index (κ1) is 17.0. The van der Waals surface area contributed by atoms with Gasteiger partial charge in [0.05, 0.1) is 11.3 Å². The van der Waals surface area contributed by atoms with E-state index >= 15 is 0 Å². The minimum atomic E-state index is -3.40. The van der Waals surface area contributed by atoms with Crippen LogP contribution in [0.4, 0.5) is 5.00 Å². The van der Waals surface area contributed by atoms with Gasteiger partial charge >= 0.3 is 0 Å². The van der Waals surface area contributed by atoms with Gasteiger partial charge < -0.3 is 0 Å². The third-order valence-corrected chi connectivity index (χ3v) is 6.65. The monoisotopic (exact) mass is 339 g/mol. The van der Waals surface area contributed by atoms with Gasteiger partial charge in [0.1, 0.15) is 5.00 Å². The Morgan fingerprint density at radius 3 is 2.50 bits per heavy atom. The Morgan fingerprint density at radius 2 is 1.91 bits per heavy atom. The third-order valence-electron chi connectivity index (χ3n) is 3.57. The number of Topliss-reactive ketones (excluding diaryl/α,β-unsaturated/α-hetero) is 1. The van der Waals surface area contributed by atoms with Crippen LogP contribution in [0.2, 0.25) is 0 Å². The summed E-state index contributed by atoms with van der Waals surface area (Å²) in [6, 6.07) is 7.57. The maximum Gasteiger partial charge on any atom is 0.235 e. The standard InChI is InChI=1S/C16H21NO3S2/c1-4-6-11-17(22(19,20)5-2)16-15(12(3)18)13-9-7-8-10-14(13)21-16/h7-10H,4-6,11H2,1-3H3. The number of sulfonamides is 1. The number of hydrogen-bond acceptors (Lipinski definition) is 4. The number of carbonyl (C=O) groups is 1. The predicted molar refractivity (Wildman–Crippen MR) is 93.5 cm³/mol. The lowest BCUT2D eigenvalue weighted by molar-refractivity contribution is 0.102. The van der Waals surface area contributed by atoms with Gasteiger partial charge in [0, 0.05) is 16.6 Å². The van der Waals surface area contributed by atoms with Gasteiger partial charge in [0.25, 0.3) is 0 Å². The van der Waals surface area contributed by atoms with Crippen LogP contribution in [0.1, 0.15) is 44.0 Å². The normalized spacial score (nSPS) is 11.8. The molecule has 22 heavy (non-hydrogen) atoms. The van der Waals surface area contributed by atoms with Gasteiger partial charge in [-0.3, -0.25) is 9.10 Å². The van der Waals surface area contributed by atoms with Gasteiger partial charge in [-0.25, -0.2) is 8.42 Å². The number of unbranched alkanes of at least 4 members (excludes halogenated alkanes) is 1. The minimum absolute atomic E-state index is 0.0301. The Hall–Kier alpha value is -1.40. The first-order chi connectivity index (χ1) is 10.4. The van der Waals surface area contributed by atoms with E-state index in [9.17, 15) is 13.2 Å². The number of fused-ring (bicyclic) bond motifs is 1. The van der Waals surface area contributed by atoms with Crippen LogP contribution >= 0.6 is 11.3 Å². The van der Waals surface area contributed by atoms with Crippen LogP contribution in [-0.4, -0.2) is 26.5 Å². The van der Waals surface area contributed by atoms with Crippen LogP contribution < -0.4 is 4.31 Å². The van der Waals surface area contributed by atoms with Crippen molar-refractivity contribution >= 4 is 42.2 Å². The molecule has 1 aromatic carbocycles. The van der Waals surface area contributed by atoms with E-state index < -0.39 is 10.0 Å². The zero-order valence-corrected chi connectivity index (χ0v) is 14.8. The molecule has 0 N–H and O–H groups in total. The Labute approximate surface area is 135 Å². The zero-order chi connectivity index (χ0) is 16.3. The van der Waals surface area contributed by atoms with E-state index in [0.29, 0.717) is 17.1 Å². The molecular formula is C16H21NO3S2. The number of rotatable bonds is 7. The molecule has 0 unspecified atom stereocenters. The van der Waals surface area contributed by atoms with Gasteiger partial charge in [0.15, 0.2) is 5.78 Å². The lowest BCUT2D eigenvalue weighted by atomic mass is 10.1. The van der Waals surface area contributed by atoms with E-state index in [1.54, 1.807) is 6.92 Å². The van der Waals surface area contributed by atoms with Crippen LogP contribution in [0.3, 0.4) is 0 Å². The number of nitrogens with zero attached hydrogens (tertiary/aromatic N) is 1. The number of benzene rings is 1. The van der Waals surface area contributed by atoms with Crippen molar-refractivity contribution < 1.29 is 13.2 Å². The number of ketones is 1.